The molecule has 22 heavy (non-hydrogen) atoms. The largest absolute Gasteiger partial charge is 0.374 e. The van der Waals surface area contributed by atoms with Crippen LogP contribution in [0.4, 0.5) is 10.1 Å². The molecule has 0 aromatic heterocycles. The van der Waals surface area contributed by atoms with Crippen LogP contribution >= 0.6 is 0 Å². The molecule has 0 aliphatic carbocycles. The first-order valence-electron chi connectivity index (χ1n) is 7.94. The standard InChI is InChI=1S/C19H23FN2/c1-13(7-9-21)14-3-5-18(20)17(12-14)15-4-6-19-16(11-15)8-10-22(19)2/h3-6,11-13H,7-10,21H2,1-2H3. The summed E-state index contributed by atoms with van der Waals surface area (Å²) in [6.45, 7) is 3.83. The Bertz CT molecular complexity index is 681. The second-order valence-electron chi connectivity index (χ2n) is 6.23. The molecular formula is C19H23FN2. The molecule has 1 unspecified atom stereocenters. The zero-order valence-corrected chi connectivity index (χ0v) is 13.3. The molecule has 1 aliphatic rings. The SMILES string of the molecule is CC(CCN)c1ccc(F)c(-c2ccc3c(c2)CCN3C)c1. The van der Waals surface area contributed by atoms with Gasteiger partial charge < -0.3 is 10.6 Å². The van der Waals surface area contributed by atoms with Crippen LogP contribution < -0.4 is 10.6 Å². The van der Waals surface area contributed by atoms with E-state index >= 15 is 0 Å². The molecule has 0 saturated heterocycles. The first-order chi connectivity index (χ1) is 10.6. The molecule has 0 bridgehead atoms. The summed E-state index contributed by atoms with van der Waals surface area (Å²) in [6.07, 6.45) is 1.95. The van der Waals surface area contributed by atoms with E-state index in [1.807, 2.05) is 18.2 Å². The molecule has 2 aromatic rings. The number of fused-ring (bicyclic) bond motifs is 1. The molecule has 3 rings (SSSR count). The average Bonchev–Trinajstić information content (AvgIpc) is 2.89. The minimum Gasteiger partial charge on any atom is -0.374 e. The molecule has 0 fully saturated rings. The van der Waals surface area contributed by atoms with Crippen LogP contribution in [0.5, 0.6) is 0 Å². The monoisotopic (exact) mass is 298 g/mol. The van der Waals surface area contributed by atoms with Crippen molar-refractivity contribution in [3.63, 3.8) is 0 Å². The Morgan fingerprint density at radius 3 is 2.82 bits per heavy atom. The third-order valence-corrected chi connectivity index (χ3v) is 4.68. The number of hydrogen-bond donors (Lipinski definition) is 1. The smallest absolute Gasteiger partial charge is 0.131 e. The zero-order chi connectivity index (χ0) is 15.7. The van der Waals surface area contributed by atoms with Crippen molar-refractivity contribution in [1.82, 2.24) is 0 Å². The van der Waals surface area contributed by atoms with Crippen LogP contribution in [0.1, 0.15) is 30.4 Å². The summed E-state index contributed by atoms with van der Waals surface area (Å²) in [7, 11) is 2.10. The summed E-state index contributed by atoms with van der Waals surface area (Å²) in [5, 5.41) is 0. The summed E-state index contributed by atoms with van der Waals surface area (Å²) < 4.78 is 14.3. The van der Waals surface area contributed by atoms with Crippen molar-refractivity contribution in [2.45, 2.75) is 25.7 Å². The highest BCUT2D eigenvalue weighted by atomic mass is 19.1. The number of benzene rings is 2. The molecule has 0 spiro atoms. The van der Waals surface area contributed by atoms with Crippen LogP contribution in [0.15, 0.2) is 36.4 Å². The lowest BCUT2D eigenvalue weighted by Gasteiger charge is -2.15. The van der Waals surface area contributed by atoms with Crippen LogP contribution in [0.3, 0.4) is 0 Å². The molecule has 1 heterocycles. The van der Waals surface area contributed by atoms with Gasteiger partial charge in [-0.25, -0.2) is 4.39 Å². The van der Waals surface area contributed by atoms with Gasteiger partial charge in [0.05, 0.1) is 0 Å². The van der Waals surface area contributed by atoms with Gasteiger partial charge in [-0.05, 0) is 66.3 Å². The minimum atomic E-state index is -0.157. The number of halogens is 1. The second kappa shape index (κ2) is 6.09. The summed E-state index contributed by atoms with van der Waals surface area (Å²) in [6, 6.07) is 11.7. The van der Waals surface area contributed by atoms with Crippen LogP contribution in [-0.4, -0.2) is 20.1 Å². The van der Waals surface area contributed by atoms with Crippen molar-refractivity contribution < 1.29 is 4.39 Å². The van der Waals surface area contributed by atoms with E-state index < -0.39 is 0 Å². The Labute approximate surface area is 131 Å². The Kier molecular flexibility index (Phi) is 4.16. The third kappa shape index (κ3) is 2.73. The summed E-state index contributed by atoms with van der Waals surface area (Å²) in [4.78, 5) is 2.25. The lowest BCUT2D eigenvalue weighted by Crippen LogP contribution is -2.12. The van der Waals surface area contributed by atoms with Gasteiger partial charge in [0.2, 0.25) is 0 Å². The third-order valence-electron chi connectivity index (χ3n) is 4.68. The van der Waals surface area contributed by atoms with Crippen LogP contribution in [0, 0.1) is 5.82 Å². The first kappa shape index (κ1) is 15.0. The van der Waals surface area contributed by atoms with Gasteiger partial charge >= 0.3 is 0 Å². The maximum atomic E-state index is 14.3. The minimum absolute atomic E-state index is 0.157. The highest BCUT2D eigenvalue weighted by Gasteiger charge is 2.17. The van der Waals surface area contributed by atoms with E-state index in [0.29, 0.717) is 18.0 Å². The maximum absolute atomic E-state index is 14.3. The molecule has 2 nitrogen and oxygen atoms in total. The number of hydrogen-bond acceptors (Lipinski definition) is 2. The van der Waals surface area contributed by atoms with Crippen molar-refractivity contribution in [2.75, 3.05) is 25.0 Å². The summed E-state index contributed by atoms with van der Waals surface area (Å²) in [5.41, 5.74) is 11.0. The molecule has 2 N–H and O–H groups in total. The van der Waals surface area contributed by atoms with E-state index in [1.165, 1.54) is 11.3 Å². The highest BCUT2D eigenvalue weighted by Crippen LogP contribution is 2.33. The van der Waals surface area contributed by atoms with Gasteiger partial charge in [-0.3, -0.25) is 0 Å². The van der Waals surface area contributed by atoms with Gasteiger partial charge in [0, 0.05) is 24.8 Å². The molecule has 1 atom stereocenters. The fourth-order valence-electron chi connectivity index (χ4n) is 3.22. The van der Waals surface area contributed by atoms with E-state index in [1.54, 1.807) is 6.07 Å². The molecule has 0 radical (unpaired) electrons. The Hall–Kier alpha value is -1.87. The van der Waals surface area contributed by atoms with Crippen molar-refractivity contribution in [1.29, 1.82) is 0 Å². The summed E-state index contributed by atoms with van der Waals surface area (Å²) >= 11 is 0. The lowest BCUT2D eigenvalue weighted by atomic mass is 9.93. The van der Waals surface area contributed by atoms with E-state index in [4.69, 9.17) is 5.73 Å². The topological polar surface area (TPSA) is 29.3 Å². The molecular weight excluding hydrogens is 275 g/mol. The van der Waals surface area contributed by atoms with Gasteiger partial charge in [-0.15, -0.1) is 0 Å². The van der Waals surface area contributed by atoms with Gasteiger partial charge in [0.15, 0.2) is 0 Å². The first-order valence-corrected chi connectivity index (χ1v) is 7.94. The highest BCUT2D eigenvalue weighted by molar-refractivity contribution is 5.71. The van der Waals surface area contributed by atoms with E-state index in [9.17, 15) is 4.39 Å². The molecule has 2 aromatic carbocycles. The van der Waals surface area contributed by atoms with Crippen molar-refractivity contribution in [3.8, 4) is 11.1 Å². The van der Waals surface area contributed by atoms with Gasteiger partial charge in [-0.2, -0.15) is 0 Å². The van der Waals surface area contributed by atoms with Crippen molar-refractivity contribution in [3.05, 3.63) is 53.3 Å². The summed E-state index contributed by atoms with van der Waals surface area (Å²) in [5.74, 6) is 0.194. The maximum Gasteiger partial charge on any atom is 0.131 e. The van der Waals surface area contributed by atoms with E-state index in [-0.39, 0.29) is 5.82 Å². The molecule has 0 amide bonds. The second-order valence-corrected chi connectivity index (χ2v) is 6.23. The number of likely N-dealkylation sites (N-methyl/N-ethyl adjacent to an activating group) is 1. The molecule has 0 saturated carbocycles. The van der Waals surface area contributed by atoms with Crippen LogP contribution in [0.25, 0.3) is 11.1 Å². The fourth-order valence-corrected chi connectivity index (χ4v) is 3.22. The Morgan fingerprint density at radius 1 is 1.23 bits per heavy atom. The van der Waals surface area contributed by atoms with Crippen molar-refractivity contribution >= 4 is 5.69 Å². The van der Waals surface area contributed by atoms with Crippen LogP contribution in [0.2, 0.25) is 0 Å². The van der Waals surface area contributed by atoms with E-state index in [0.717, 1.165) is 30.5 Å². The fraction of sp³-hybridized carbons (Fsp3) is 0.368. The number of nitrogens with zero attached hydrogens (tertiary/aromatic N) is 1. The van der Waals surface area contributed by atoms with E-state index in [2.05, 4.69) is 31.0 Å². The van der Waals surface area contributed by atoms with Gasteiger partial charge in [0.25, 0.3) is 0 Å². The predicted molar refractivity (Wildman–Crippen MR) is 90.9 cm³/mol. The predicted octanol–water partition coefficient (Wildman–Crippen LogP) is 3.94. The van der Waals surface area contributed by atoms with Gasteiger partial charge in [0.1, 0.15) is 5.82 Å². The number of nitrogens with two attached hydrogens (primary N) is 1. The molecule has 1 aliphatic heterocycles. The van der Waals surface area contributed by atoms with Crippen LogP contribution in [-0.2, 0) is 6.42 Å². The molecule has 116 valence electrons. The molecule has 3 heteroatoms. The van der Waals surface area contributed by atoms with Crippen molar-refractivity contribution in [2.24, 2.45) is 5.73 Å². The Morgan fingerprint density at radius 2 is 2.05 bits per heavy atom. The lowest BCUT2D eigenvalue weighted by molar-refractivity contribution is 0.627. The van der Waals surface area contributed by atoms with Gasteiger partial charge in [-0.1, -0.05) is 19.1 Å². The normalized spacial score (nSPS) is 15.0. The average molecular weight is 298 g/mol. The number of rotatable bonds is 4. The Balaban J connectivity index is 1.99. The zero-order valence-electron chi connectivity index (χ0n) is 13.3. The number of anilines is 1. The quantitative estimate of drug-likeness (QED) is 0.926.